The van der Waals surface area contributed by atoms with Gasteiger partial charge >= 0.3 is 0 Å². The van der Waals surface area contributed by atoms with Crippen molar-refractivity contribution in [2.45, 2.75) is 19.4 Å². The van der Waals surface area contributed by atoms with E-state index in [2.05, 4.69) is 14.9 Å². The van der Waals surface area contributed by atoms with Gasteiger partial charge < -0.3 is 14.6 Å². The van der Waals surface area contributed by atoms with Gasteiger partial charge in [-0.25, -0.2) is 0 Å². The number of pyridine rings is 1. The normalized spacial score (nSPS) is 10.7. The van der Waals surface area contributed by atoms with Crippen LogP contribution in [0.3, 0.4) is 0 Å². The molecule has 5 heteroatoms. The Hall–Kier alpha value is -2.82. The summed E-state index contributed by atoms with van der Waals surface area (Å²) in [5.74, 6) is 0.803. The zero-order chi connectivity index (χ0) is 16.6. The molecule has 0 aliphatic carbocycles. The lowest BCUT2D eigenvalue weighted by atomic mass is 10.2. The summed E-state index contributed by atoms with van der Waals surface area (Å²) >= 11 is 0. The zero-order valence-electron chi connectivity index (χ0n) is 13.5. The summed E-state index contributed by atoms with van der Waals surface area (Å²) in [6, 6.07) is 13.7. The van der Waals surface area contributed by atoms with Gasteiger partial charge in [-0.3, -0.25) is 9.78 Å². The van der Waals surface area contributed by atoms with Crippen LogP contribution in [0.4, 0.5) is 0 Å². The van der Waals surface area contributed by atoms with E-state index < -0.39 is 0 Å². The first-order chi connectivity index (χ1) is 11.8. The van der Waals surface area contributed by atoms with Crippen LogP contribution in [0.1, 0.15) is 12.8 Å². The van der Waals surface area contributed by atoms with Gasteiger partial charge in [-0.1, -0.05) is 18.2 Å². The monoisotopic (exact) mass is 323 g/mol. The van der Waals surface area contributed by atoms with Crippen LogP contribution in [0, 0.1) is 0 Å². The van der Waals surface area contributed by atoms with E-state index in [1.54, 1.807) is 6.20 Å². The Kier molecular flexibility index (Phi) is 5.45. The van der Waals surface area contributed by atoms with Crippen molar-refractivity contribution in [1.82, 2.24) is 14.9 Å². The zero-order valence-corrected chi connectivity index (χ0v) is 13.5. The fourth-order valence-electron chi connectivity index (χ4n) is 2.57. The highest BCUT2D eigenvalue weighted by atomic mass is 16.5. The highest BCUT2D eigenvalue weighted by Crippen LogP contribution is 2.22. The van der Waals surface area contributed by atoms with E-state index in [0.717, 1.165) is 29.6 Å². The number of rotatable bonds is 8. The molecule has 2 aromatic heterocycles. The van der Waals surface area contributed by atoms with Crippen molar-refractivity contribution in [1.29, 1.82) is 0 Å². The van der Waals surface area contributed by atoms with Crippen molar-refractivity contribution < 1.29 is 9.53 Å². The van der Waals surface area contributed by atoms with Crippen molar-refractivity contribution in [3.05, 3.63) is 61.1 Å². The number of para-hydroxylation sites is 1. The van der Waals surface area contributed by atoms with Gasteiger partial charge in [0, 0.05) is 36.9 Å². The van der Waals surface area contributed by atoms with Gasteiger partial charge in [0.15, 0.2) is 0 Å². The minimum Gasteiger partial charge on any atom is -0.489 e. The summed E-state index contributed by atoms with van der Waals surface area (Å²) in [5, 5.41) is 3.93. The number of aromatic nitrogens is 2. The van der Waals surface area contributed by atoms with Gasteiger partial charge in [-0.2, -0.15) is 0 Å². The molecule has 0 aliphatic rings. The maximum absolute atomic E-state index is 11.8. The quantitative estimate of drug-likeness (QED) is 0.648. The van der Waals surface area contributed by atoms with Crippen LogP contribution in [0.15, 0.2) is 61.1 Å². The molecule has 0 spiro atoms. The number of benzene rings is 1. The SMILES string of the molecule is O=C(CCCn1cccc1)NCCOc1cccc2cccnc12. The Labute approximate surface area is 141 Å². The Morgan fingerprint density at radius 3 is 2.83 bits per heavy atom. The van der Waals surface area contributed by atoms with Crippen molar-refractivity contribution >= 4 is 16.8 Å². The number of nitrogens with one attached hydrogen (secondary N) is 1. The summed E-state index contributed by atoms with van der Waals surface area (Å²) in [7, 11) is 0. The first-order valence-electron chi connectivity index (χ1n) is 8.17. The standard InChI is InChI=1S/C19H21N3O2/c23-18(9-5-14-22-12-1-2-13-22)20-11-15-24-17-8-3-6-16-7-4-10-21-19(16)17/h1-4,6-8,10,12-13H,5,9,11,14-15H2,(H,20,23). The molecule has 0 unspecified atom stereocenters. The second kappa shape index (κ2) is 8.15. The molecule has 0 aliphatic heterocycles. The number of nitrogens with zero attached hydrogens (tertiary/aromatic N) is 2. The van der Waals surface area contributed by atoms with Gasteiger partial charge in [0.2, 0.25) is 5.91 Å². The van der Waals surface area contributed by atoms with Gasteiger partial charge in [-0.15, -0.1) is 0 Å². The minimum atomic E-state index is 0.0572. The van der Waals surface area contributed by atoms with E-state index in [1.165, 1.54) is 0 Å². The molecule has 0 atom stereocenters. The number of hydrogen-bond donors (Lipinski definition) is 1. The van der Waals surface area contributed by atoms with Gasteiger partial charge in [0.25, 0.3) is 0 Å². The summed E-state index contributed by atoms with van der Waals surface area (Å²) in [6.45, 7) is 1.78. The molecule has 0 fully saturated rings. The number of aryl methyl sites for hydroxylation is 1. The third-order valence-electron chi connectivity index (χ3n) is 3.76. The molecule has 0 bridgehead atoms. The summed E-state index contributed by atoms with van der Waals surface area (Å²) in [5.41, 5.74) is 0.845. The summed E-state index contributed by atoms with van der Waals surface area (Å²) < 4.78 is 7.83. The maximum Gasteiger partial charge on any atom is 0.220 e. The molecule has 3 aromatic rings. The predicted octanol–water partition coefficient (Wildman–Crippen LogP) is 3.01. The van der Waals surface area contributed by atoms with E-state index in [-0.39, 0.29) is 5.91 Å². The molecule has 24 heavy (non-hydrogen) atoms. The first kappa shape index (κ1) is 16.1. The molecule has 0 saturated heterocycles. The molecule has 124 valence electrons. The third kappa shape index (κ3) is 4.35. The van der Waals surface area contributed by atoms with Crippen molar-refractivity contribution in [3.8, 4) is 5.75 Å². The number of amides is 1. The average Bonchev–Trinajstić information content (AvgIpc) is 3.12. The van der Waals surface area contributed by atoms with Crippen LogP contribution in [0.2, 0.25) is 0 Å². The largest absolute Gasteiger partial charge is 0.489 e. The summed E-state index contributed by atoms with van der Waals surface area (Å²) in [6.07, 6.45) is 7.11. The van der Waals surface area contributed by atoms with Crippen LogP contribution in [0.25, 0.3) is 10.9 Å². The fraction of sp³-hybridized carbons (Fsp3) is 0.263. The Balaban J connectivity index is 1.38. The first-order valence-corrected chi connectivity index (χ1v) is 8.17. The van der Waals surface area contributed by atoms with Gasteiger partial charge in [-0.05, 0) is 30.7 Å². The number of carbonyl (C=O) groups is 1. The molecular formula is C19H21N3O2. The van der Waals surface area contributed by atoms with Crippen LogP contribution >= 0.6 is 0 Å². The van der Waals surface area contributed by atoms with Crippen LogP contribution in [0.5, 0.6) is 5.75 Å². The predicted molar refractivity (Wildman–Crippen MR) is 93.9 cm³/mol. The fourth-order valence-corrected chi connectivity index (χ4v) is 2.57. The number of ether oxygens (including phenoxy) is 1. The van der Waals surface area contributed by atoms with Crippen molar-refractivity contribution in [3.63, 3.8) is 0 Å². The molecule has 2 heterocycles. The summed E-state index contributed by atoms with van der Waals surface area (Å²) in [4.78, 5) is 16.2. The lowest BCUT2D eigenvalue weighted by molar-refractivity contribution is -0.121. The topological polar surface area (TPSA) is 56.2 Å². The van der Waals surface area contributed by atoms with Crippen LogP contribution in [-0.2, 0) is 11.3 Å². The minimum absolute atomic E-state index is 0.0572. The molecule has 0 radical (unpaired) electrons. The van der Waals surface area contributed by atoms with E-state index in [1.807, 2.05) is 54.9 Å². The maximum atomic E-state index is 11.8. The highest BCUT2D eigenvalue weighted by Gasteiger charge is 2.04. The molecule has 0 saturated carbocycles. The third-order valence-corrected chi connectivity index (χ3v) is 3.76. The second-order valence-electron chi connectivity index (χ2n) is 5.55. The van der Waals surface area contributed by atoms with E-state index in [4.69, 9.17) is 4.74 Å². The lowest BCUT2D eigenvalue weighted by Gasteiger charge is -2.09. The second-order valence-corrected chi connectivity index (χ2v) is 5.55. The highest BCUT2D eigenvalue weighted by molar-refractivity contribution is 5.84. The Morgan fingerprint density at radius 2 is 1.96 bits per heavy atom. The van der Waals surface area contributed by atoms with Gasteiger partial charge in [0.05, 0.1) is 6.54 Å². The molecule has 3 rings (SSSR count). The van der Waals surface area contributed by atoms with E-state index in [9.17, 15) is 4.79 Å². The molecule has 1 amide bonds. The molecule has 1 aromatic carbocycles. The van der Waals surface area contributed by atoms with Crippen molar-refractivity contribution in [2.75, 3.05) is 13.2 Å². The van der Waals surface area contributed by atoms with Crippen molar-refractivity contribution in [2.24, 2.45) is 0 Å². The number of hydrogen-bond acceptors (Lipinski definition) is 3. The van der Waals surface area contributed by atoms with E-state index >= 15 is 0 Å². The molecular weight excluding hydrogens is 302 g/mol. The average molecular weight is 323 g/mol. The number of fused-ring (bicyclic) bond motifs is 1. The molecule has 5 nitrogen and oxygen atoms in total. The van der Waals surface area contributed by atoms with Gasteiger partial charge in [0.1, 0.15) is 17.9 Å². The Bertz CT molecular complexity index is 779. The Morgan fingerprint density at radius 1 is 1.12 bits per heavy atom. The number of carbonyl (C=O) groups excluding carboxylic acids is 1. The smallest absolute Gasteiger partial charge is 0.220 e. The lowest BCUT2D eigenvalue weighted by Crippen LogP contribution is -2.28. The van der Waals surface area contributed by atoms with E-state index in [0.29, 0.717) is 19.6 Å². The molecule has 1 N–H and O–H groups in total. The van der Waals surface area contributed by atoms with Crippen LogP contribution < -0.4 is 10.1 Å². The van der Waals surface area contributed by atoms with Crippen LogP contribution in [-0.4, -0.2) is 28.6 Å².